The summed E-state index contributed by atoms with van der Waals surface area (Å²) in [4.78, 5) is 27.3. The van der Waals surface area contributed by atoms with Crippen molar-refractivity contribution in [1.29, 1.82) is 0 Å². The van der Waals surface area contributed by atoms with Gasteiger partial charge in [0.05, 0.1) is 4.90 Å². The quantitative estimate of drug-likeness (QED) is 0.666. The lowest BCUT2D eigenvalue weighted by atomic mass is 10.2. The van der Waals surface area contributed by atoms with Crippen molar-refractivity contribution in [2.24, 2.45) is 0 Å². The topological polar surface area (TPSA) is 90.0 Å². The summed E-state index contributed by atoms with van der Waals surface area (Å²) in [5, 5.41) is 2.83. The fourth-order valence-corrected chi connectivity index (χ4v) is 4.29. The molecular weight excluding hydrogens is 368 g/mol. The van der Waals surface area contributed by atoms with E-state index in [2.05, 4.69) is 5.32 Å². The Morgan fingerprint density at radius 2 is 1.67 bits per heavy atom. The van der Waals surface area contributed by atoms with Crippen LogP contribution in [0.3, 0.4) is 0 Å². The lowest BCUT2D eigenvalue weighted by Crippen LogP contribution is -2.49. The fraction of sp³-hybridized carbons (Fsp3) is 0.556. The van der Waals surface area contributed by atoms with Gasteiger partial charge in [0, 0.05) is 45.2 Å². The van der Waals surface area contributed by atoms with Crippen molar-refractivity contribution in [2.75, 3.05) is 53.4 Å². The molecule has 1 saturated heterocycles. The molecule has 0 saturated carbocycles. The highest BCUT2D eigenvalue weighted by atomic mass is 32.2. The minimum atomic E-state index is -3.63. The van der Waals surface area contributed by atoms with Crippen molar-refractivity contribution < 1.29 is 18.0 Å². The molecular formula is C18H28N4O4S. The van der Waals surface area contributed by atoms with E-state index >= 15 is 0 Å². The van der Waals surface area contributed by atoms with Gasteiger partial charge in [0.2, 0.25) is 15.9 Å². The summed E-state index contributed by atoms with van der Waals surface area (Å²) in [6, 6.07) is 5.97. The van der Waals surface area contributed by atoms with Gasteiger partial charge in [0.25, 0.3) is 5.91 Å². The largest absolute Gasteiger partial charge is 0.352 e. The van der Waals surface area contributed by atoms with Crippen LogP contribution in [0, 0.1) is 0 Å². The van der Waals surface area contributed by atoms with Crippen LogP contribution in [0.4, 0.5) is 0 Å². The second kappa shape index (κ2) is 9.29. The minimum Gasteiger partial charge on any atom is -0.352 e. The number of hydrogen-bond acceptors (Lipinski definition) is 5. The number of amides is 2. The third-order valence-electron chi connectivity index (χ3n) is 4.51. The van der Waals surface area contributed by atoms with E-state index in [1.807, 2.05) is 19.0 Å². The van der Waals surface area contributed by atoms with Crippen molar-refractivity contribution in [1.82, 2.24) is 19.4 Å². The van der Waals surface area contributed by atoms with E-state index in [0.29, 0.717) is 25.2 Å². The van der Waals surface area contributed by atoms with Crippen molar-refractivity contribution in [2.45, 2.75) is 18.2 Å². The predicted molar refractivity (Wildman–Crippen MR) is 103 cm³/mol. The standard InChI is InChI=1S/C18H28N4O4S/c1-15(23)21-11-13-22(14-12-21)27(25,26)17-7-5-16(6-8-17)18(24)19-9-4-10-20(2)3/h5-8H,4,9-14H2,1-3H3,(H,19,24). The van der Waals surface area contributed by atoms with Crippen LogP contribution < -0.4 is 5.32 Å². The smallest absolute Gasteiger partial charge is 0.251 e. The summed E-state index contributed by atoms with van der Waals surface area (Å²) in [5.41, 5.74) is 0.431. The zero-order valence-corrected chi connectivity index (χ0v) is 17.0. The van der Waals surface area contributed by atoms with Gasteiger partial charge < -0.3 is 15.1 Å². The van der Waals surface area contributed by atoms with E-state index in [9.17, 15) is 18.0 Å². The van der Waals surface area contributed by atoms with E-state index in [1.165, 1.54) is 35.5 Å². The fourth-order valence-electron chi connectivity index (χ4n) is 2.87. The molecule has 27 heavy (non-hydrogen) atoms. The van der Waals surface area contributed by atoms with Crippen molar-refractivity contribution in [3.05, 3.63) is 29.8 Å². The molecule has 9 heteroatoms. The van der Waals surface area contributed by atoms with E-state index < -0.39 is 10.0 Å². The Kier molecular flexibility index (Phi) is 7.34. The van der Waals surface area contributed by atoms with Crippen LogP contribution in [0.2, 0.25) is 0 Å². The van der Waals surface area contributed by atoms with E-state index in [-0.39, 0.29) is 29.8 Å². The van der Waals surface area contributed by atoms with Gasteiger partial charge in [0.15, 0.2) is 0 Å². The highest BCUT2D eigenvalue weighted by Crippen LogP contribution is 2.18. The molecule has 0 atom stereocenters. The summed E-state index contributed by atoms with van der Waals surface area (Å²) in [6.07, 6.45) is 0.845. The molecule has 1 heterocycles. The van der Waals surface area contributed by atoms with E-state index in [4.69, 9.17) is 0 Å². The van der Waals surface area contributed by atoms with Gasteiger partial charge in [0.1, 0.15) is 0 Å². The Morgan fingerprint density at radius 1 is 1.07 bits per heavy atom. The molecule has 1 aromatic carbocycles. The van der Waals surface area contributed by atoms with Gasteiger partial charge >= 0.3 is 0 Å². The molecule has 1 aliphatic heterocycles. The maximum atomic E-state index is 12.7. The molecule has 0 radical (unpaired) electrons. The third-order valence-corrected chi connectivity index (χ3v) is 6.42. The summed E-state index contributed by atoms with van der Waals surface area (Å²) in [5.74, 6) is -0.263. The first kappa shape index (κ1) is 21.3. The summed E-state index contributed by atoms with van der Waals surface area (Å²) >= 11 is 0. The second-order valence-corrected chi connectivity index (χ2v) is 8.79. The molecule has 0 bridgehead atoms. The second-order valence-electron chi connectivity index (χ2n) is 6.85. The number of carbonyl (C=O) groups is 2. The number of nitrogens with one attached hydrogen (secondary N) is 1. The zero-order chi connectivity index (χ0) is 20.0. The number of sulfonamides is 1. The first-order valence-electron chi connectivity index (χ1n) is 9.00. The summed E-state index contributed by atoms with van der Waals surface area (Å²) < 4.78 is 26.9. The SMILES string of the molecule is CC(=O)N1CCN(S(=O)(=O)c2ccc(C(=O)NCCCN(C)C)cc2)CC1. The monoisotopic (exact) mass is 396 g/mol. The Hall–Kier alpha value is -1.97. The van der Waals surface area contributed by atoms with Crippen LogP contribution in [0.25, 0.3) is 0 Å². The third kappa shape index (κ3) is 5.75. The van der Waals surface area contributed by atoms with Gasteiger partial charge in [-0.2, -0.15) is 4.31 Å². The molecule has 2 rings (SSSR count). The van der Waals surface area contributed by atoms with Crippen LogP contribution in [-0.4, -0.2) is 87.7 Å². The minimum absolute atomic E-state index is 0.0482. The van der Waals surface area contributed by atoms with Crippen LogP contribution in [0.1, 0.15) is 23.7 Å². The number of carbonyl (C=O) groups excluding carboxylic acids is 2. The van der Waals surface area contributed by atoms with Crippen molar-refractivity contribution in [3.63, 3.8) is 0 Å². The Bertz CT molecular complexity index is 754. The number of rotatable bonds is 7. The Balaban J connectivity index is 1.95. The van der Waals surface area contributed by atoms with Crippen molar-refractivity contribution >= 4 is 21.8 Å². The maximum Gasteiger partial charge on any atom is 0.251 e. The summed E-state index contributed by atoms with van der Waals surface area (Å²) in [6.45, 7) is 4.26. The normalized spacial score (nSPS) is 15.8. The van der Waals surface area contributed by atoms with Crippen LogP contribution in [-0.2, 0) is 14.8 Å². The van der Waals surface area contributed by atoms with Gasteiger partial charge in [-0.3, -0.25) is 9.59 Å². The van der Waals surface area contributed by atoms with Gasteiger partial charge in [-0.05, 0) is 51.3 Å². The average molecular weight is 397 g/mol. The molecule has 0 aromatic heterocycles. The zero-order valence-electron chi connectivity index (χ0n) is 16.1. The molecule has 1 N–H and O–H groups in total. The molecule has 8 nitrogen and oxygen atoms in total. The molecule has 2 amide bonds. The van der Waals surface area contributed by atoms with Crippen molar-refractivity contribution in [3.8, 4) is 0 Å². The number of benzene rings is 1. The molecule has 1 fully saturated rings. The van der Waals surface area contributed by atoms with E-state index in [1.54, 1.807) is 4.90 Å². The molecule has 150 valence electrons. The van der Waals surface area contributed by atoms with Gasteiger partial charge in [-0.25, -0.2) is 8.42 Å². The Labute approximate surface area is 161 Å². The first-order valence-corrected chi connectivity index (χ1v) is 10.4. The summed E-state index contributed by atoms with van der Waals surface area (Å²) in [7, 11) is 0.320. The number of piperazine rings is 1. The predicted octanol–water partition coefficient (Wildman–Crippen LogP) is 0.221. The molecule has 1 aromatic rings. The molecule has 1 aliphatic rings. The lowest BCUT2D eigenvalue weighted by Gasteiger charge is -2.33. The number of hydrogen-bond donors (Lipinski definition) is 1. The van der Waals surface area contributed by atoms with Crippen LogP contribution in [0.15, 0.2) is 29.2 Å². The molecule has 0 spiro atoms. The number of nitrogens with zero attached hydrogens (tertiary/aromatic N) is 3. The first-order chi connectivity index (χ1) is 12.7. The highest BCUT2D eigenvalue weighted by molar-refractivity contribution is 7.89. The maximum absolute atomic E-state index is 12.7. The highest BCUT2D eigenvalue weighted by Gasteiger charge is 2.29. The van der Waals surface area contributed by atoms with Crippen LogP contribution >= 0.6 is 0 Å². The van der Waals surface area contributed by atoms with Crippen LogP contribution in [0.5, 0.6) is 0 Å². The van der Waals surface area contributed by atoms with E-state index in [0.717, 1.165) is 13.0 Å². The lowest BCUT2D eigenvalue weighted by molar-refractivity contribution is -0.129. The van der Waals surface area contributed by atoms with Gasteiger partial charge in [-0.15, -0.1) is 0 Å². The Morgan fingerprint density at radius 3 is 2.19 bits per heavy atom. The molecule has 0 aliphatic carbocycles. The average Bonchev–Trinajstić information content (AvgIpc) is 2.65. The van der Waals surface area contributed by atoms with Gasteiger partial charge in [-0.1, -0.05) is 0 Å². The molecule has 0 unspecified atom stereocenters.